The second kappa shape index (κ2) is 7.23. The molecule has 0 saturated carbocycles. The first-order chi connectivity index (χ1) is 13.5. The molecule has 6 heteroatoms. The van der Waals surface area contributed by atoms with Gasteiger partial charge in [0.15, 0.2) is 0 Å². The second-order valence-electron chi connectivity index (χ2n) is 6.87. The molecular weight excluding hydrogens is 350 g/mol. The Bertz CT molecular complexity index is 1220. The molecule has 0 atom stereocenters. The van der Waals surface area contributed by atoms with Crippen LogP contribution in [-0.4, -0.2) is 19.9 Å². The second-order valence-corrected chi connectivity index (χ2v) is 6.87. The maximum Gasteiger partial charge on any atom is 0.256 e. The summed E-state index contributed by atoms with van der Waals surface area (Å²) >= 11 is 0. The lowest BCUT2D eigenvalue weighted by molar-refractivity contribution is 0.978. The van der Waals surface area contributed by atoms with Gasteiger partial charge in [-0.25, -0.2) is 15.0 Å². The largest absolute Gasteiger partial charge is 0.294 e. The monoisotopic (exact) mass is 371 g/mol. The van der Waals surface area contributed by atoms with Crippen molar-refractivity contribution in [2.75, 3.05) is 5.32 Å². The van der Waals surface area contributed by atoms with Gasteiger partial charge in [0.25, 0.3) is 5.56 Å². The fraction of sp³-hybridized carbons (Fsp3) is 0.182. The molecule has 0 saturated heterocycles. The smallest absolute Gasteiger partial charge is 0.256 e. The molecule has 4 rings (SSSR count). The van der Waals surface area contributed by atoms with E-state index in [1.165, 1.54) is 0 Å². The number of anilines is 2. The Labute approximate surface area is 162 Å². The fourth-order valence-corrected chi connectivity index (χ4v) is 3.29. The van der Waals surface area contributed by atoms with Gasteiger partial charge in [-0.15, -0.1) is 0 Å². The number of fused-ring (bicyclic) bond motifs is 1. The number of hydrogen-bond acceptors (Lipinski definition) is 5. The fourth-order valence-electron chi connectivity index (χ4n) is 3.29. The van der Waals surface area contributed by atoms with Gasteiger partial charge in [0.1, 0.15) is 0 Å². The zero-order chi connectivity index (χ0) is 19.7. The number of aryl methyl sites for hydroxylation is 3. The van der Waals surface area contributed by atoms with Crippen molar-refractivity contribution < 1.29 is 0 Å². The summed E-state index contributed by atoms with van der Waals surface area (Å²) in [4.78, 5) is 29.0. The predicted molar refractivity (Wildman–Crippen MR) is 111 cm³/mol. The quantitative estimate of drug-likeness (QED) is 0.567. The number of H-pyrrole nitrogens is 1. The number of aromatic amines is 1. The predicted octanol–water partition coefficient (Wildman–Crippen LogP) is 3.97. The molecule has 6 nitrogen and oxygen atoms in total. The third-order valence-electron chi connectivity index (χ3n) is 4.80. The summed E-state index contributed by atoms with van der Waals surface area (Å²) in [5.41, 5.74) is 5.08. The van der Waals surface area contributed by atoms with Gasteiger partial charge < -0.3 is 0 Å². The van der Waals surface area contributed by atoms with Gasteiger partial charge in [-0.2, -0.15) is 0 Å². The minimum Gasteiger partial charge on any atom is -0.294 e. The van der Waals surface area contributed by atoms with E-state index in [4.69, 9.17) is 0 Å². The molecule has 0 aliphatic rings. The molecule has 4 aromatic rings. The van der Waals surface area contributed by atoms with Crippen molar-refractivity contribution in [3.63, 3.8) is 0 Å². The molecule has 0 amide bonds. The van der Waals surface area contributed by atoms with Gasteiger partial charge >= 0.3 is 0 Å². The molecule has 0 fully saturated rings. The molecule has 0 aliphatic carbocycles. The van der Waals surface area contributed by atoms with E-state index >= 15 is 0 Å². The van der Waals surface area contributed by atoms with E-state index in [-0.39, 0.29) is 5.56 Å². The summed E-state index contributed by atoms with van der Waals surface area (Å²) < 4.78 is 0. The van der Waals surface area contributed by atoms with Crippen LogP contribution in [0, 0.1) is 20.8 Å². The Morgan fingerprint density at radius 2 is 1.68 bits per heavy atom. The first kappa shape index (κ1) is 17.9. The van der Waals surface area contributed by atoms with Crippen molar-refractivity contribution in [2.24, 2.45) is 0 Å². The van der Waals surface area contributed by atoms with Gasteiger partial charge in [-0.1, -0.05) is 48.5 Å². The molecule has 0 spiro atoms. The van der Waals surface area contributed by atoms with Gasteiger partial charge in [0, 0.05) is 17.4 Å². The highest BCUT2D eigenvalue weighted by atomic mass is 16.1. The summed E-state index contributed by atoms with van der Waals surface area (Å²) in [6.45, 7) is 5.80. The van der Waals surface area contributed by atoms with E-state index in [0.717, 1.165) is 27.7 Å². The van der Waals surface area contributed by atoms with Crippen LogP contribution < -0.4 is 10.9 Å². The van der Waals surface area contributed by atoms with Crippen LogP contribution in [0.4, 0.5) is 11.9 Å². The molecule has 2 heterocycles. The van der Waals surface area contributed by atoms with E-state index in [1.54, 1.807) is 0 Å². The number of para-hydroxylation sites is 1. The van der Waals surface area contributed by atoms with Crippen molar-refractivity contribution in [1.82, 2.24) is 19.9 Å². The van der Waals surface area contributed by atoms with Crippen molar-refractivity contribution >= 4 is 22.8 Å². The van der Waals surface area contributed by atoms with E-state index in [2.05, 4.69) is 25.3 Å². The number of aromatic nitrogens is 4. The topological polar surface area (TPSA) is 83.6 Å². The average Bonchev–Trinajstić information content (AvgIpc) is 2.67. The minimum atomic E-state index is -0.160. The Morgan fingerprint density at radius 1 is 0.893 bits per heavy atom. The van der Waals surface area contributed by atoms with Crippen molar-refractivity contribution in [3.05, 3.63) is 87.0 Å². The Morgan fingerprint density at radius 3 is 2.43 bits per heavy atom. The molecule has 0 bridgehead atoms. The first-order valence-corrected chi connectivity index (χ1v) is 9.16. The van der Waals surface area contributed by atoms with Crippen LogP contribution in [0.25, 0.3) is 10.9 Å². The molecule has 2 N–H and O–H groups in total. The number of rotatable bonds is 4. The molecule has 140 valence electrons. The highest BCUT2D eigenvalue weighted by Crippen LogP contribution is 2.21. The molecule has 0 aliphatic heterocycles. The highest BCUT2D eigenvalue weighted by molar-refractivity contribution is 5.84. The molecule has 2 aromatic heterocycles. The Hall–Kier alpha value is -3.54. The lowest BCUT2D eigenvalue weighted by atomic mass is 10.1. The summed E-state index contributed by atoms with van der Waals surface area (Å²) in [5, 5.41) is 4.06. The van der Waals surface area contributed by atoms with Crippen LogP contribution in [0.3, 0.4) is 0 Å². The lowest BCUT2D eigenvalue weighted by Crippen LogP contribution is -2.19. The summed E-state index contributed by atoms with van der Waals surface area (Å²) in [6.07, 6.45) is 0.542. The van der Waals surface area contributed by atoms with Crippen LogP contribution in [0.1, 0.15) is 28.1 Å². The molecule has 0 unspecified atom stereocenters. The van der Waals surface area contributed by atoms with Crippen LogP contribution >= 0.6 is 0 Å². The Kier molecular flexibility index (Phi) is 4.61. The van der Waals surface area contributed by atoms with E-state index in [0.29, 0.717) is 29.6 Å². The van der Waals surface area contributed by atoms with E-state index in [1.807, 2.05) is 69.3 Å². The standard InChI is InChI=1S/C22H21N5O/c1-13-8-7-11-17-14(2)23-21(25-19(13)17)27-22-24-15(3)18(20(28)26-22)12-16-9-5-4-6-10-16/h4-11H,12H2,1-3H3,(H2,23,24,25,26,27,28). The normalized spacial score (nSPS) is 11.0. The number of nitrogens with one attached hydrogen (secondary N) is 2. The van der Waals surface area contributed by atoms with Gasteiger partial charge in [-0.3, -0.25) is 15.1 Å². The summed E-state index contributed by atoms with van der Waals surface area (Å²) in [7, 11) is 0. The van der Waals surface area contributed by atoms with Gasteiger partial charge in [0.2, 0.25) is 11.9 Å². The summed E-state index contributed by atoms with van der Waals surface area (Å²) in [5.74, 6) is 0.754. The highest BCUT2D eigenvalue weighted by Gasteiger charge is 2.11. The molecule has 2 aromatic carbocycles. The van der Waals surface area contributed by atoms with Crippen LogP contribution in [0.5, 0.6) is 0 Å². The SMILES string of the molecule is Cc1nc(Nc2nc(C)c3cccc(C)c3n2)[nH]c(=O)c1Cc1ccccc1. The van der Waals surface area contributed by atoms with Crippen molar-refractivity contribution in [1.29, 1.82) is 0 Å². The number of benzene rings is 2. The third kappa shape index (κ3) is 3.49. The first-order valence-electron chi connectivity index (χ1n) is 9.16. The van der Waals surface area contributed by atoms with Crippen LogP contribution in [0.2, 0.25) is 0 Å². The maximum absolute atomic E-state index is 12.6. The zero-order valence-corrected chi connectivity index (χ0v) is 16.1. The minimum absolute atomic E-state index is 0.160. The third-order valence-corrected chi connectivity index (χ3v) is 4.80. The van der Waals surface area contributed by atoms with E-state index < -0.39 is 0 Å². The zero-order valence-electron chi connectivity index (χ0n) is 16.1. The lowest BCUT2D eigenvalue weighted by Gasteiger charge is -2.10. The number of hydrogen-bond donors (Lipinski definition) is 2. The molecule has 0 radical (unpaired) electrons. The summed E-state index contributed by atoms with van der Waals surface area (Å²) in [6, 6.07) is 15.9. The number of nitrogens with zero attached hydrogens (tertiary/aromatic N) is 3. The van der Waals surface area contributed by atoms with Crippen LogP contribution in [-0.2, 0) is 6.42 Å². The average molecular weight is 371 g/mol. The van der Waals surface area contributed by atoms with E-state index in [9.17, 15) is 4.79 Å². The Balaban J connectivity index is 1.67. The van der Waals surface area contributed by atoms with Crippen molar-refractivity contribution in [3.8, 4) is 0 Å². The van der Waals surface area contributed by atoms with Gasteiger partial charge in [-0.05, 0) is 31.9 Å². The van der Waals surface area contributed by atoms with Gasteiger partial charge in [0.05, 0.1) is 16.9 Å². The molecule has 28 heavy (non-hydrogen) atoms. The maximum atomic E-state index is 12.6. The molecular formula is C22H21N5O. The van der Waals surface area contributed by atoms with Crippen LogP contribution in [0.15, 0.2) is 53.3 Å². The van der Waals surface area contributed by atoms with Crippen molar-refractivity contribution in [2.45, 2.75) is 27.2 Å².